The molecule has 0 saturated carbocycles. The molecule has 0 bridgehead atoms. The van der Waals surface area contributed by atoms with E-state index in [4.69, 9.17) is 4.74 Å². The third-order valence-electron chi connectivity index (χ3n) is 3.53. The van der Waals surface area contributed by atoms with Gasteiger partial charge in [-0.05, 0) is 51.8 Å². The third-order valence-corrected chi connectivity index (χ3v) is 3.53. The van der Waals surface area contributed by atoms with E-state index in [1.165, 1.54) is 0 Å². The highest BCUT2D eigenvalue weighted by atomic mass is 16.5. The second kappa shape index (κ2) is 6.75. The molecule has 0 radical (unpaired) electrons. The van der Waals surface area contributed by atoms with E-state index in [2.05, 4.69) is 24.5 Å². The molecular weight excluding hydrogens is 252 g/mol. The molecule has 2 N–H and O–H groups in total. The highest BCUT2D eigenvalue weighted by molar-refractivity contribution is 5.95. The summed E-state index contributed by atoms with van der Waals surface area (Å²) in [6.45, 7) is 6.78. The molecule has 2 rings (SSSR count). The fourth-order valence-corrected chi connectivity index (χ4v) is 2.77. The largest absolute Gasteiger partial charge is 0.382 e. The fourth-order valence-electron chi connectivity index (χ4n) is 2.77. The lowest BCUT2D eigenvalue weighted by molar-refractivity contribution is -0.0337. The van der Waals surface area contributed by atoms with Gasteiger partial charge >= 0.3 is 0 Å². The first-order valence-corrected chi connectivity index (χ1v) is 7.38. The maximum atomic E-state index is 11.8. The van der Waals surface area contributed by atoms with E-state index in [0.717, 1.165) is 18.5 Å². The van der Waals surface area contributed by atoms with Gasteiger partial charge in [-0.2, -0.15) is 0 Å². The van der Waals surface area contributed by atoms with Gasteiger partial charge in [-0.15, -0.1) is 0 Å². The molecule has 1 fully saturated rings. The molecule has 1 heterocycles. The highest BCUT2D eigenvalue weighted by Gasteiger charge is 2.24. The van der Waals surface area contributed by atoms with Crippen LogP contribution >= 0.6 is 0 Å². The Labute approximate surface area is 120 Å². The van der Waals surface area contributed by atoms with Crippen LogP contribution in [0.1, 0.15) is 44.0 Å². The Bertz CT molecular complexity index is 452. The number of hydrogen-bond donors (Lipinski definition) is 2. The standard InChI is InChI=1S/C16H24N2O2/c1-4-17-16(19)13-6-5-7-14(10-13)18-15-8-11(2)20-12(3)9-15/h5-7,10-12,15,18H,4,8-9H2,1-3H3,(H,17,19). The van der Waals surface area contributed by atoms with E-state index >= 15 is 0 Å². The maximum absolute atomic E-state index is 11.8. The summed E-state index contributed by atoms with van der Waals surface area (Å²) in [6, 6.07) is 8.08. The van der Waals surface area contributed by atoms with Crippen molar-refractivity contribution in [3.05, 3.63) is 29.8 Å². The molecule has 1 aliphatic heterocycles. The normalized spacial score (nSPS) is 26.1. The Morgan fingerprint density at radius 2 is 2.00 bits per heavy atom. The minimum absolute atomic E-state index is 0.0233. The lowest BCUT2D eigenvalue weighted by atomic mass is 9.99. The van der Waals surface area contributed by atoms with Crippen molar-refractivity contribution in [3.63, 3.8) is 0 Å². The predicted octanol–water partition coefficient (Wildman–Crippen LogP) is 2.80. The number of rotatable bonds is 4. The summed E-state index contributed by atoms with van der Waals surface area (Å²) < 4.78 is 5.74. The molecule has 0 aromatic heterocycles. The van der Waals surface area contributed by atoms with Crippen LogP contribution in [-0.2, 0) is 4.74 Å². The number of benzene rings is 1. The number of hydrogen-bond acceptors (Lipinski definition) is 3. The minimum Gasteiger partial charge on any atom is -0.382 e. The summed E-state index contributed by atoms with van der Waals surface area (Å²) in [5.74, 6) is -0.0233. The third kappa shape index (κ3) is 3.97. The molecular formula is C16H24N2O2. The molecule has 4 heteroatoms. The van der Waals surface area contributed by atoms with E-state index in [9.17, 15) is 4.79 Å². The quantitative estimate of drug-likeness (QED) is 0.889. The van der Waals surface area contributed by atoms with Gasteiger partial charge in [-0.3, -0.25) is 4.79 Å². The van der Waals surface area contributed by atoms with Gasteiger partial charge in [0.05, 0.1) is 12.2 Å². The second-order valence-electron chi connectivity index (χ2n) is 5.51. The highest BCUT2D eigenvalue weighted by Crippen LogP contribution is 2.23. The average molecular weight is 276 g/mol. The van der Waals surface area contributed by atoms with Gasteiger partial charge in [0.25, 0.3) is 5.91 Å². The van der Waals surface area contributed by atoms with Crippen molar-refractivity contribution < 1.29 is 9.53 Å². The van der Waals surface area contributed by atoms with E-state index in [1.54, 1.807) is 0 Å². The van der Waals surface area contributed by atoms with Gasteiger partial charge in [-0.25, -0.2) is 0 Å². The second-order valence-corrected chi connectivity index (χ2v) is 5.51. The maximum Gasteiger partial charge on any atom is 0.251 e. The van der Waals surface area contributed by atoms with Crippen molar-refractivity contribution >= 4 is 11.6 Å². The van der Waals surface area contributed by atoms with E-state index < -0.39 is 0 Å². The minimum atomic E-state index is -0.0233. The summed E-state index contributed by atoms with van der Waals surface area (Å²) in [4.78, 5) is 11.8. The SMILES string of the molecule is CCNC(=O)c1cccc(NC2CC(C)OC(C)C2)c1. The molecule has 1 aromatic carbocycles. The van der Waals surface area contributed by atoms with Crippen LogP contribution in [-0.4, -0.2) is 30.7 Å². The summed E-state index contributed by atoms with van der Waals surface area (Å²) >= 11 is 0. The van der Waals surface area contributed by atoms with E-state index in [1.807, 2.05) is 31.2 Å². The Balaban J connectivity index is 2.02. The molecule has 20 heavy (non-hydrogen) atoms. The summed E-state index contributed by atoms with van der Waals surface area (Å²) in [7, 11) is 0. The van der Waals surface area contributed by atoms with Crippen LogP contribution in [0, 0.1) is 0 Å². The Hall–Kier alpha value is -1.55. The lowest BCUT2D eigenvalue weighted by Gasteiger charge is -2.33. The van der Waals surface area contributed by atoms with Gasteiger partial charge in [0.15, 0.2) is 0 Å². The molecule has 1 saturated heterocycles. The number of ether oxygens (including phenoxy) is 1. The molecule has 2 unspecified atom stereocenters. The predicted molar refractivity (Wildman–Crippen MR) is 81.1 cm³/mol. The van der Waals surface area contributed by atoms with Crippen LogP contribution in [0.5, 0.6) is 0 Å². The number of carbonyl (C=O) groups excluding carboxylic acids is 1. The zero-order valence-corrected chi connectivity index (χ0v) is 12.5. The topological polar surface area (TPSA) is 50.4 Å². The van der Waals surface area contributed by atoms with Gasteiger partial charge in [0, 0.05) is 23.8 Å². The zero-order valence-electron chi connectivity index (χ0n) is 12.5. The van der Waals surface area contributed by atoms with Crippen molar-refractivity contribution in [2.45, 2.75) is 51.9 Å². The van der Waals surface area contributed by atoms with Gasteiger partial charge < -0.3 is 15.4 Å². The first-order valence-electron chi connectivity index (χ1n) is 7.38. The fraction of sp³-hybridized carbons (Fsp3) is 0.562. The molecule has 1 amide bonds. The van der Waals surface area contributed by atoms with Crippen LogP contribution in [0.25, 0.3) is 0 Å². The van der Waals surface area contributed by atoms with Gasteiger partial charge in [0.1, 0.15) is 0 Å². The van der Waals surface area contributed by atoms with E-state index in [-0.39, 0.29) is 18.1 Å². The molecule has 2 atom stereocenters. The van der Waals surface area contributed by atoms with Crippen LogP contribution < -0.4 is 10.6 Å². The molecule has 1 aliphatic rings. The molecule has 0 aliphatic carbocycles. The Morgan fingerprint density at radius 1 is 1.30 bits per heavy atom. The summed E-state index contributed by atoms with van der Waals surface area (Å²) in [5, 5.41) is 6.34. The van der Waals surface area contributed by atoms with Crippen molar-refractivity contribution in [2.75, 3.05) is 11.9 Å². The van der Waals surface area contributed by atoms with Crippen LogP contribution in [0.15, 0.2) is 24.3 Å². The lowest BCUT2D eigenvalue weighted by Crippen LogP contribution is -2.36. The first kappa shape index (κ1) is 14.9. The van der Waals surface area contributed by atoms with Crippen LogP contribution in [0.2, 0.25) is 0 Å². The zero-order chi connectivity index (χ0) is 14.5. The average Bonchev–Trinajstić information content (AvgIpc) is 2.38. The molecule has 1 aromatic rings. The summed E-state index contributed by atoms with van der Waals surface area (Å²) in [6.07, 6.45) is 2.55. The number of nitrogens with one attached hydrogen (secondary N) is 2. The van der Waals surface area contributed by atoms with Gasteiger partial charge in [-0.1, -0.05) is 6.07 Å². The van der Waals surface area contributed by atoms with E-state index in [0.29, 0.717) is 18.2 Å². The van der Waals surface area contributed by atoms with Gasteiger partial charge in [0.2, 0.25) is 0 Å². The van der Waals surface area contributed by atoms with Crippen molar-refractivity contribution in [2.24, 2.45) is 0 Å². The molecule has 4 nitrogen and oxygen atoms in total. The van der Waals surface area contributed by atoms with Crippen molar-refractivity contribution in [1.29, 1.82) is 0 Å². The molecule has 0 spiro atoms. The molecule has 110 valence electrons. The number of anilines is 1. The Kier molecular flexibility index (Phi) is 5.01. The van der Waals surface area contributed by atoms with Crippen molar-refractivity contribution in [3.8, 4) is 0 Å². The monoisotopic (exact) mass is 276 g/mol. The van der Waals surface area contributed by atoms with Crippen molar-refractivity contribution in [1.82, 2.24) is 5.32 Å². The number of amides is 1. The van der Waals surface area contributed by atoms with Crippen LogP contribution in [0.3, 0.4) is 0 Å². The smallest absolute Gasteiger partial charge is 0.251 e. The Morgan fingerprint density at radius 3 is 2.65 bits per heavy atom. The number of carbonyl (C=O) groups is 1. The summed E-state index contributed by atoms with van der Waals surface area (Å²) in [5.41, 5.74) is 1.70. The van der Waals surface area contributed by atoms with Crippen LogP contribution in [0.4, 0.5) is 5.69 Å². The first-order chi connectivity index (χ1) is 9.58.